The second kappa shape index (κ2) is 14.6. The van der Waals surface area contributed by atoms with Gasteiger partial charge in [0.1, 0.15) is 23.6 Å². The van der Waals surface area contributed by atoms with Gasteiger partial charge in [-0.2, -0.15) is 4.99 Å². The number of imidazole rings is 1. The maximum Gasteiger partial charge on any atom is 0.435 e. The number of ether oxygens (including phenoxy) is 4. The Labute approximate surface area is 276 Å². The SMILES string of the molecule is CCOC(=O)CCN(C(=O)c1ccc2c(c1)nc(CNc1ccc(/C(N)=N/C(=O)OC3COC4OCCC34)cc1)n2C)c1ccccn1. The summed E-state index contributed by atoms with van der Waals surface area (Å²) in [5, 5.41) is 3.35. The van der Waals surface area contributed by atoms with Crippen LogP contribution in [0.4, 0.5) is 16.3 Å². The number of anilines is 2. The molecular formula is C34H37N7O7. The molecule has 2 fully saturated rings. The molecule has 48 heavy (non-hydrogen) atoms. The van der Waals surface area contributed by atoms with Crippen molar-refractivity contribution in [1.82, 2.24) is 14.5 Å². The van der Waals surface area contributed by atoms with E-state index in [2.05, 4.69) is 15.3 Å². The molecule has 2 aliphatic rings. The van der Waals surface area contributed by atoms with Crippen molar-refractivity contribution in [2.75, 3.05) is 36.6 Å². The molecule has 0 saturated carbocycles. The van der Waals surface area contributed by atoms with Crippen LogP contribution in [0.3, 0.4) is 0 Å². The molecule has 3 atom stereocenters. The van der Waals surface area contributed by atoms with Crippen LogP contribution < -0.4 is 16.0 Å². The van der Waals surface area contributed by atoms with Crippen LogP contribution in [0.15, 0.2) is 71.9 Å². The molecule has 2 aromatic heterocycles. The summed E-state index contributed by atoms with van der Waals surface area (Å²) in [5.74, 6) is 0.570. The lowest BCUT2D eigenvalue weighted by atomic mass is 10.0. The molecule has 6 rings (SSSR count). The molecule has 2 amide bonds. The number of hydrogen-bond acceptors (Lipinski definition) is 10. The zero-order valence-electron chi connectivity index (χ0n) is 26.7. The van der Waals surface area contributed by atoms with Crippen molar-refractivity contribution in [1.29, 1.82) is 0 Å². The molecule has 0 radical (unpaired) electrons. The van der Waals surface area contributed by atoms with Crippen LogP contribution in [-0.2, 0) is 37.3 Å². The Bertz CT molecular complexity index is 1810. The highest BCUT2D eigenvalue weighted by atomic mass is 16.7. The van der Waals surface area contributed by atoms with Gasteiger partial charge in [-0.1, -0.05) is 6.07 Å². The van der Waals surface area contributed by atoms with Gasteiger partial charge >= 0.3 is 12.1 Å². The first-order valence-corrected chi connectivity index (χ1v) is 15.8. The number of nitrogens with zero attached hydrogens (tertiary/aromatic N) is 5. The topological polar surface area (TPSA) is 172 Å². The van der Waals surface area contributed by atoms with Gasteiger partial charge in [-0.25, -0.2) is 14.8 Å². The minimum absolute atomic E-state index is 0.0215. The van der Waals surface area contributed by atoms with Crippen LogP contribution >= 0.6 is 0 Å². The third kappa shape index (κ3) is 7.29. The van der Waals surface area contributed by atoms with E-state index in [1.807, 2.05) is 29.8 Å². The Morgan fingerprint density at radius 3 is 2.69 bits per heavy atom. The van der Waals surface area contributed by atoms with Gasteiger partial charge < -0.3 is 34.6 Å². The van der Waals surface area contributed by atoms with Crippen LogP contribution in [-0.4, -0.2) is 77.1 Å². The number of amides is 2. The van der Waals surface area contributed by atoms with Crippen molar-refractivity contribution in [3.8, 4) is 0 Å². The van der Waals surface area contributed by atoms with Gasteiger partial charge in [0.05, 0.1) is 49.7 Å². The lowest BCUT2D eigenvalue weighted by Gasteiger charge is -2.21. The number of aromatic nitrogens is 3. The number of pyridine rings is 1. The molecule has 4 aromatic rings. The Balaban J connectivity index is 1.09. The molecular weight excluding hydrogens is 618 g/mol. The molecule has 14 nitrogen and oxygen atoms in total. The molecule has 14 heteroatoms. The predicted molar refractivity (Wildman–Crippen MR) is 176 cm³/mol. The van der Waals surface area contributed by atoms with Crippen LogP contribution in [0.1, 0.15) is 41.5 Å². The standard InChI is InChI=1S/C34H37N7O7/c1-3-45-30(42)13-16-41(28-6-4-5-15-36-28)32(43)22-9-12-26-25(18-22)38-29(40(26)2)19-37-23-10-7-21(8-11-23)31(35)39-34(44)48-27-20-47-33-24(27)14-17-46-33/h4-12,15,18,24,27,33,37H,3,13-14,16-17,19-20H2,1-2H3,(H2,35,39,44). The molecule has 3 unspecified atom stereocenters. The van der Waals surface area contributed by atoms with E-state index in [4.69, 9.17) is 29.7 Å². The largest absolute Gasteiger partial charge is 0.466 e. The number of nitrogens with two attached hydrogens (primary N) is 1. The molecule has 2 aromatic carbocycles. The molecule has 0 aliphatic carbocycles. The number of aryl methyl sites for hydroxylation is 1. The number of nitrogens with one attached hydrogen (secondary N) is 1. The molecule has 3 N–H and O–H groups in total. The summed E-state index contributed by atoms with van der Waals surface area (Å²) in [6.07, 6.45) is 0.935. The van der Waals surface area contributed by atoms with E-state index in [-0.39, 0.29) is 56.1 Å². The highest BCUT2D eigenvalue weighted by molar-refractivity contribution is 6.07. The van der Waals surface area contributed by atoms with E-state index < -0.39 is 12.2 Å². The number of aliphatic imine (C=N–C) groups is 1. The van der Waals surface area contributed by atoms with Crippen LogP contribution in [0.2, 0.25) is 0 Å². The first kappa shape index (κ1) is 32.6. The fourth-order valence-electron chi connectivity index (χ4n) is 5.77. The maximum atomic E-state index is 13.6. The van der Waals surface area contributed by atoms with Crippen LogP contribution in [0.5, 0.6) is 0 Å². The quantitative estimate of drug-likeness (QED) is 0.137. The minimum atomic E-state index is -0.760. The van der Waals surface area contributed by atoms with Crippen molar-refractivity contribution in [2.24, 2.45) is 23.7 Å². The number of fused-ring (bicyclic) bond motifs is 2. The van der Waals surface area contributed by atoms with Crippen molar-refractivity contribution < 1.29 is 33.3 Å². The van der Waals surface area contributed by atoms with E-state index in [9.17, 15) is 14.4 Å². The van der Waals surface area contributed by atoms with Crippen LogP contribution in [0.25, 0.3) is 11.0 Å². The highest BCUT2D eigenvalue weighted by Gasteiger charge is 2.43. The van der Waals surface area contributed by atoms with E-state index >= 15 is 0 Å². The first-order chi connectivity index (χ1) is 23.3. The van der Waals surface area contributed by atoms with Crippen molar-refractivity contribution in [2.45, 2.75) is 38.7 Å². The van der Waals surface area contributed by atoms with Gasteiger partial charge in [0.25, 0.3) is 5.91 Å². The van der Waals surface area contributed by atoms with E-state index in [1.165, 1.54) is 4.90 Å². The summed E-state index contributed by atoms with van der Waals surface area (Å²) < 4.78 is 23.4. The number of carbonyl (C=O) groups is 3. The second-order valence-corrected chi connectivity index (χ2v) is 11.4. The summed E-state index contributed by atoms with van der Waals surface area (Å²) in [6.45, 7) is 3.40. The van der Waals surface area contributed by atoms with Crippen LogP contribution in [0, 0.1) is 5.92 Å². The van der Waals surface area contributed by atoms with Gasteiger partial charge in [0, 0.05) is 36.6 Å². The smallest absolute Gasteiger partial charge is 0.435 e. The zero-order chi connectivity index (χ0) is 33.6. The van der Waals surface area contributed by atoms with Gasteiger partial charge in [-0.3, -0.25) is 14.5 Å². The van der Waals surface area contributed by atoms with Gasteiger partial charge in [-0.15, -0.1) is 0 Å². The van der Waals surface area contributed by atoms with Crippen molar-refractivity contribution in [3.63, 3.8) is 0 Å². The van der Waals surface area contributed by atoms with E-state index in [1.54, 1.807) is 55.6 Å². The molecule has 2 saturated heterocycles. The van der Waals surface area contributed by atoms with Gasteiger partial charge in [0.15, 0.2) is 6.29 Å². The minimum Gasteiger partial charge on any atom is -0.466 e. The van der Waals surface area contributed by atoms with Crippen molar-refractivity contribution >= 4 is 46.3 Å². The normalized spacial score (nSPS) is 18.8. The Kier molecular flexibility index (Phi) is 9.92. The maximum absolute atomic E-state index is 13.6. The van der Waals surface area contributed by atoms with Gasteiger partial charge in [-0.05, 0) is 67.9 Å². The third-order valence-corrected chi connectivity index (χ3v) is 8.32. The summed E-state index contributed by atoms with van der Waals surface area (Å²) >= 11 is 0. The van der Waals surface area contributed by atoms with Crippen molar-refractivity contribution in [3.05, 3.63) is 83.8 Å². The molecule has 0 spiro atoms. The summed E-state index contributed by atoms with van der Waals surface area (Å²) in [6, 6.07) is 17.8. The van der Waals surface area contributed by atoms with Gasteiger partial charge in [0.2, 0.25) is 0 Å². The lowest BCUT2D eigenvalue weighted by Crippen LogP contribution is -2.34. The summed E-state index contributed by atoms with van der Waals surface area (Å²) in [4.78, 5) is 52.6. The van der Waals surface area contributed by atoms with E-state index in [0.29, 0.717) is 35.6 Å². The zero-order valence-corrected chi connectivity index (χ0v) is 26.7. The summed E-state index contributed by atoms with van der Waals surface area (Å²) in [5.41, 5.74) is 9.39. The third-order valence-electron chi connectivity index (χ3n) is 8.32. The predicted octanol–water partition coefficient (Wildman–Crippen LogP) is 3.78. The fourth-order valence-corrected chi connectivity index (χ4v) is 5.77. The number of rotatable bonds is 11. The highest BCUT2D eigenvalue weighted by Crippen LogP contribution is 2.33. The Hall–Kier alpha value is -5.34. The number of hydrogen-bond donors (Lipinski definition) is 2. The molecule has 0 bridgehead atoms. The number of esters is 1. The monoisotopic (exact) mass is 655 g/mol. The molecule has 250 valence electrons. The first-order valence-electron chi connectivity index (χ1n) is 15.8. The lowest BCUT2D eigenvalue weighted by molar-refractivity contribution is -0.142. The number of carbonyl (C=O) groups excluding carboxylic acids is 3. The number of amidine groups is 1. The molecule has 2 aliphatic heterocycles. The fraction of sp³-hybridized carbons (Fsp3) is 0.353. The average Bonchev–Trinajstić information content (AvgIpc) is 3.80. The summed E-state index contributed by atoms with van der Waals surface area (Å²) in [7, 11) is 1.91. The number of benzene rings is 2. The average molecular weight is 656 g/mol. The van der Waals surface area contributed by atoms with E-state index in [0.717, 1.165) is 23.4 Å². The Morgan fingerprint density at radius 2 is 1.92 bits per heavy atom. The Morgan fingerprint density at radius 1 is 1.10 bits per heavy atom. The molecule has 4 heterocycles. The second-order valence-electron chi connectivity index (χ2n) is 11.4.